The molecule has 3 aromatic rings. The van der Waals surface area contributed by atoms with Gasteiger partial charge in [0.2, 0.25) is 0 Å². The van der Waals surface area contributed by atoms with E-state index in [4.69, 9.17) is 23.2 Å². The van der Waals surface area contributed by atoms with E-state index in [-0.39, 0.29) is 0 Å². The first-order valence-electron chi connectivity index (χ1n) is 6.18. The second-order valence-electron chi connectivity index (χ2n) is 4.39. The summed E-state index contributed by atoms with van der Waals surface area (Å²) in [5.74, 6) is 1.47. The number of hydrogen-bond acceptors (Lipinski definition) is 1. The van der Waals surface area contributed by atoms with Gasteiger partial charge in [-0.3, -0.25) is 4.57 Å². The first kappa shape index (κ1) is 14.2. The van der Waals surface area contributed by atoms with Gasteiger partial charge in [0.15, 0.2) is 0 Å². The monoisotopic (exact) mass is 416 g/mol. The van der Waals surface area contributed by atoms with Crippen LogP contribution in [0.5, 0.6) is 0 Å². The fraction of sp³-hybridized carbons (Fsp3) is 0.133. The lowest BCUT2D eigenvalue weighted by atomic mass is 10.2. The summed E-state index contributed by atoms with van der Waals surface area (Å²) in [5.41, 5.74) is 2.96. The van der Waals surface area contributed by atoms with Crippen LogP contribution >= 0.6 is 45.8 Å². The maximum Gasteiger partial charge on any atom is 0.115 e. The van der Waals surface area contributed by atoms with Gasteiger partial charge in [-0.1, -0.05) is 23.7 Å². The van der Waals surface area contributed by atoms with Gasteiger partial charge in [0, 0.05) is 15.9 Å². The highest BCUT2D eigenvalue weighted by molar-refractivity contribution is 14.1. The zero-order valence-electron chi connectivity index (χ0n) is 10.5. The van der Waals surface area contributed by atoms with Gasteiger partial charge >= 0.3 is 0 Å². The summed E-state index contributed by atoms with van der Waals surface area (Å²) < 4.78 is 3.20. The van der Waals surface area contributed by atoms with Crippen molar-refractivity contribution in [3.05, 3.63) is 56.9 Å². The highest BCUT2D eigenvalue weighted by Crippen LogP contribution is 2.28. The molecular formula is C15H11Cl2IN2. The molecule has 3 rings (SSSR count). The number of para-hydroxylation sites is 2. The van der Waals surface area contributed by atoms with Crippen LogP contribution in [0, 0.1) is 3.57 Å². The molecule has 0 saturated heterocycles. The Morgan fingerprint density at radius 1 is 1.15 bits per heavy atom. The van der Waals surface area contributed by atoms with E-state index in [0.29, 0.717) is 12.3 Å². The van der Waals surface area contributed by atoms with Crippen molar-refractivity contribution >= 4 is 56.8 Å². The predicted molar refractivity (Wildman–Crippen MR) is 93.2 cm³/mol. The summed E-state index contributed by atoms with van der Waals surface area (Å²) in [7, 11) is 0. The quantitative estimate of drug-likeness (QED) is 0.430. The van der Waals surface area contributed by atoms with E-state index in [2.05, 4.69) is 32.1 Å². The first-order valence-corrected chi connectivity index (χ1v) is 8.17. The Bertz CT molecular complexity index is 768. The second kappa shape index (κ2) is 5.92. The lowest BCUT2D eigenvalue weighted by Crippen LogP contribution is -2.03. The number of aryl methyl sites for hydroxylation is 1. The molecule has 0 aliphatic rings. The van der Waals surface area contributed by atoms with Crippen LogP contribution in [0.2, 0.25) is 5.02 Å². The van der Waals surface area contributed by atoms with Gasteiger partial charge in [-0.05, 0) is 52.9 Å². The smallest absolute Gasteiger partial charge is 0.115 e. The number of nitrogens with zero attached hydrogens (tertiary/aromatic N) is 2. The molecule has 0 saturated carbocycles. The minimum atomic E-state index is 0.533. The van der Waals surface area contributed by atoms with Gasteiger partial charge in [-0.2, -0.15) is 0 Å². The van der Waals surface area contributed by atoms with Crippen LogP contribution in [0.3, 0.4) is 0 Å². The fourth-order valence-electron chi connectivity index (χ4n) is 2.26. The third kappa shape index (κ3) is 2.54. The number of hydrogen-bond donors (Lipinski definition) is 0. The van der Waals surface area contributed by atoms with Crippen molar-refractivity contribution in [2.75, 3.05) is 5.88 Å². The molecule has 0 bridgehead atoms. The molecule has 20 heavy (non-hydrogen) atoms. The summed E-state index contributed by atoms with van der Waals surface area (Å²) in [4.78, 5) is 4.66. The molecule has 0 aliphatic heterocycles. The van der Waals surface area contributed by atoms with Crippen molar-refractivity contribution < 1.29 is 0 Å². The van der Waals surface area contributed by atoms with Crippen molar-refractivity contribution in [2.24, 2.45) is 0 Å². The van der Waals surface area contributed by atoms with Crippen LogP contribution in [-0.2, 0) is 6.42 Å². The largest absolute Gasteiger partial charge is 0.295 e. The number of fused-ring (bicyclic) bond motifs is 1. The third-order valence-electron chi connectivity index (χ3n) is 3.10. The van der Waals surface area contributed by atoms with Gasteiger partial charge in [0.25, 0.3) is 0 Å². The number of halogens is 3. The molecule has 1 heterocycles. The SMILES string of the molecule is ClCCc1nc2ccccc2n1-c1ccc(I)cc1Cl. The van der Waals surface area contributed by atoms with Crippen LogP contribution in [0.4, 0.5) is 0 Å². The van der Waals surface area contributed by atoms with Gasteiger partial charge in [-0.25, -0.2) is 4.98 Å². The molecule has 2 aromatic carbocycles. The highest BCUT2D eigenvalue weighted by atomic mass is 127. The Balaban J connectivity index is 2.30. The average molecular weight is 417 g/mol. The van der Waals surface area contributed by atoms with Crippen LogP contribution in [0.1, 0.15) is 5.82 Å². The average Bonchev–Trinajstić information content (AvgIpc) is 2.78. The minimum absolute atomic E-state index is 0.533. The summed E-state index contributed by atoms with van der Waals surface area (Å²) in [6.45, 7) is 0. The van der Waals surface area contributed by atoms with Crippen molar-refractivity contribution in [1.82, 2.24) is 9.55 Å². The van der Waals surface area contributed by atoms with Crippen LogP contribution in [0.15, 0.2) is 42.5 Å². The van der Waals surface area contributed by atoms with E-state index < -0.39 is 0 Å². The molecule has 0 N–H and O–H groups in total. The van der Waals surface area contributed by atoms with E-state index in [1.807, 2.05) is 42.5 Å². The molecule has 0 fully saturated rings. The van der Waals surface area contributed by atoms with Crippen molar-refractivity contribution in [2.45, 2.75) is 6.42 Å². The molecule has 1 aromatic heterocycles. The summed E-state index contributed by atoms with van der Waals surface area (Å²) in [5, 5.41) is 0.718. The summed E-state index contributed by atoms with van der Waals surface area (Å²) in [6.07, 6.45) is 0.707. The van der Waals surface area contributed by atoms with Crippen LogP contribution < -0.4 is 0 Å². The molecule has 0 aliphatic carbocycles. The first-order chi connectivity index (χ1) is 9.70. The molecule has 0 spiro atoms. The normalized spacial score (nSPS) is 11.2. The number of aromatic nitrogens is 2. The van der Waals surface area contributed by atoms with Crippen molar-refractivity contribution in [3.8, 4) is 5.69 Å². The zero-order chi connectivity index (χ0) is 14.1. The second-order valence-corrected chi connectivity index (χ2v) is 6.42. The van der Waals surface area contributed by atoms with E-state index in [9.17, 15) is 0 Å². The maximum atomic E-state index is 6.41. The number of benzene rings is 2. The molecule has 102 valence electrons. The number of imidazole rings is 1. The molecular weight excluding hydrogens is 406 g/mol. The molecule has 5 heteroatoms. The summed E-state index contributed by atoms with van der Waals surface area (Å²) >= 11 is 14.6. The minimum Gasteiger partial charge on any atom is -0.295 e. The topological polar surface area (TPSA) is 17.8 Å². The standard InChI is InChI=1S/C15H11Cl2IN2/c16-8-7-15-19-12-3-1-2-4-14(12)20(15)13-6-5-10(18)9-11(13)17/h1-6,9H,7-8H2. The molecule has 0 unspecified atom stereocenters. The Kier molecular flexibility index (Phi) is 4.19. The van der Waals surface area contributed by atoms with Crippen LogP contribution in [-0.4, -0.2) is 15.4 Å². The molecule has 2 nitrogen and oxygen atoms in total. The Hall–Kier alpha value is -0.780. The zero-order valence-corrected chi connectivity index (χ0v) is 14.2. The van der Waals surface area contributed by atoms with Crippen LogP contribution in [0.25, 0.3) is 16.7 Å². The molecule has 0 radical (unpaired) electrons. The van der Waals surface area contributed by atoms with E-state index in [1.54, 1.807) is 0 Å². The van der Waals surface area contributed by atoms with E-state index in [0.717, 1.165) is 31.1 Å². The molecule has 0 amide bonds. The van der Waals surface area contributed by atoms with Gasteiger partial charge in [0.1, 0.15) is 5.82 Å². The maximum absolute atomic E-state index is 6.41. The third-order valence-corrected chi connectivity index (χ3v) is 4.26. The van der Waals surface area contributed by atoms with Crippen molar-refractivity contribution in [3.63, 3.8) is 0 Å². The lowest BCUT2D eigenvalue weighted by molar-refractivity contribution is 0.912. The summed E-state index contributed by atoms with van der Waals surface area (Å²) in [6, 6.07) is 14.1. The Morgan fingerprint density at radius 2 is 1.95 bits per heavy atom. The van der Waals surface area contributed by atoms with E-state index in [1.165, 1.54) is 0 Å². The van der Waals surface area contributed by atoms with Crippen molar-refractivity contribution in [1.29, 1.82) is 0 Å². The van der Waals surface area contributed by atoms with Gasteiger partial charge in [-0.15, -0.1) is 11.6 Å². The highest BCUT2D eigenvalue weighted by Gasteiger charge is 2.14. The Morgan fingerprint density at radius 3 is 2.70 bits per heavy atom. The predicted octanol–water partition coefficient (Wildman–Crippen LogP) is 5.06. The number of alkyl halides is 1. The molecule has 0 atom stereocenters. The fourth-order valence-corrected chi connectivity index (χ4v) is 3.37. The van der Waals surface area contributed by atoms with Gasteiger partial charge < -0.3 is 0 Å². The Labute approximate surface area is 140 Å². The number of rotatable bonds is 3. The van der Waals surface area contributed by atoms with Gasteiger partial charge in [0.05, 0.1) is 21.7 Å². The van der Waals surface area contributed by atoms with E-state index >= 15 is 0 Å². The lowest BCUT2D eigenvalue weighted by Gasteiger charge is -2.11.